The summed E-state index contributed by atoms with van der Waals surface area (Å²) in [6.07, 6.45) is 1.55. The number of anilines is 2. The van der Waals surface area contributed by atoms with Crippen LogP contribution in [0.15, 0.2) is 90.6 Å². The number of carbonyl (C=O) groups is 1. The average molecular weight is 543 g/mol. The standard InChI is InChI=1S/C32H37N5O.ClH/c1-4-35(5-2)29-16-17-30(25(3)22-29)34-24-28(23-33)32(38)37-20-18-36(19-21-37)31(26-12-8-6-9-13-26)27-14-10-7-11-15-27;/h6-17,22,24,31,34H,4-5,18-21H2,1-3H3;1H/p-1/b28-24-;. The number of nitriles is 1. The van der Waals surface area contributed by atoms with Gasteiger partial charge in [0.05, 0.1) is 6.04 Å². The second kappa shape index (κ2) is 14.4. The molecule has 0 aliphatic carbocycles. The summed E-state index contributed by atoms with van der Waals surface area (Å²) in [7, 11) is 0. The minimum atomic E-state index is -0.229. The van der Waals surface area contributed by atoms with Crippen LogP contribution in [0.1, 0.15) is 36.6 Å². The van der Waals surface area contributed by atoms with E-state index in [9.17, 15) is 10.1 Å². The maximum absolute atomic E-state index is 13.2. The molecule has 1 aliphatic rings. The molecule has 0 saturated carbocycles. The van der Waals surface area contributed by atoms with Gasteiger partial charge in [-0.2, -0.15) is 5.26 Å². The lowest BCUT2D eigenvalue weighted by Gasteiger charge is -2.39. The average Bonchev–Trinajstić information content (AvgIpc) is 2.96. The number of piperazine rings is 1. The molecule has 3 aromatic rings. The van der Waals surface area contributed by atoms with E-state index in [4.69, 9.17) is 0 Å². The molecule has 0 aromatic heterocycles. The van der Waals surface area contributed by atoms with Crippen molar-refractivity contribution in [1.29, 1.82) is 5.26 Å². The smallest absolute Gasteiger partial charge is 0.266 e. The van der Waals surface area contributed by atoms with Crippen LogP contribution >= 0.6 is 0 Å². The number of benzene rings is 3. The Balaban J connectivity index is 0.00000420. The third kappa shape index (κ3) is 7.20. The van der Waals surface area contributed by atoms with E-state index >= 15 is 0 Å². The van der Waals surface area contributed by atoms with Crippen LogP contribution in [0.25, 0.3) is 0 Å². The second-order valence-corrected chi connectivity index (χ2v) is 9.54. The summed E-state index contributed by atoms with van der Waals surface area (Å²) in [4.78, 5) is 19.7. The second-order valence-electron chi connectivity index (χ2n) is 9.54. The van der Waals surface area contributed by atoms with E-state index < -0.39 is 0 Å². The molecule has 39 heavy (non-hydrogen) atoms. The summed E-state index contributed by atoms with van der Waals surface area (Å²) in [6, 6.07) is 29.4. The Labute approximate surface area is 238 Å². The lowest BCUT2D eigenvalue weighted by atomic mass is 9.96. The zero-order chi connectivity index (χ0) is 26.9. The monoisotopic (exact) mass is 542 g/mol. The summed E-state index contributed by atoms with van der Waals surface area (Å²) < 4.78 is 0. The van der Waals surface area contributed by atoms with Crippen LogP contribution in [0.5, 0.6) is 0 Å². The van der Waals surface area contributed by atoms with Crippen molar-refractivity contribution in [2.45, 2.75) is 26.8 Å². The zero-order valence-electron chi connectivity index (χ0n) is 23.0. The fourth-order valence-electron chi connectivity index (χ4n) is 5.13. The minimum Gasteiger partial charge on any atom is -1.00 e. The highest BCUT2D eigenvalue weighted by Crippen LogP contribution is 2.29. The van der Waals surface area contributed by atoms with Crippen molar-refractivity contribution in [1.82, 2.24) is 9.80 Å². The molecule has 1 heterocycles. The van der Waals surface area contributed by atoms with E-state index in [0.717, 1.165) is 37.4 Å². The van der Waals surface area contributed by atoms with E-state index in [1.165, 1.54) is 16.8 Å². The van der Waals surface area contributed by atoms with Gasteiger partial charge in [-0.05, 0) is 55.7 Å². The quantitative estimate of drug-likeness (QED) is 0.333. The number of carbonyl (C=O) groups excluding carboxylic acids is 1. The molecule has 3 aromatic carbocycles. The molecule has 0 atom stereocenters. The number of halogens is 1. The SMILES string of the molecule is CCN(CC)c1ccc(N/C=C(/C#N)C(=O)N2CCN(C(c3ccccc3)c3ccccc3)CC2)c(C)c1.[Cl-]. The van der Waals surface area contributed by atoms with Gasteiger partial charge in [0.1, 0.15) is 11.6 Å². The molecule has 6 nitrogen and oxygen atoms in total. The van der Waals surface area contributed by atoms with Gasteiger partial charge >= 0.3 is 0 Å². The predicted molar refractivity (Wildman–Crippen MR) is 155 cm³/mol. The Kier molecular flexibility index (Phi) is 11.0. The van der Waals surface area contributed by atoms with Gasteiger partial charge in [-0.15, -0.1) is 0 Å². The first kappa shape index (κ1) is 29.8. The van der Waals surface area contributed by atoms with Gasteiger partial charge in [0.2, 0.25) is 0 Å². The predicted octanol–water partition coefficient (Wildman–Crippen LogP) is 2.60. The number of hydrogen-bond acceptors (Lipinski definition) is 5. The molecular formula is C32H37ClN5O-. The largest absolute Gasteiger partial charge is 1.00 e. The Morgan fingerprint density at radius 2 is 1.51 bits per heavy atom. The highest BCUT2D eigenvalue weighted by molar-refractivity contribution is 5.97. The number of nitrogens with zero attached hydrogens (tertiary/aromatic N) is 4. The fourth-order valence-corrected chi connectivity index (χ4v) is 5.13. The van der Waals surface area contributed by atoms with Crippen molar-refractivity contribution in [3.8, 4) is 6.07 Å². The molecule has 4 rings (SSSR count). The van der Waals surface area contributed by atoms with Crippen molar-refractivity contribution in [2.24, 2.45) is 0 Å². The van der Waals surface area contributed by atoms with Crippen LogP contribution in [0, 0.1) is 18.3 Å². The van der Waals surface area contributed by atoms with Crippen molar-refractivity contribution in [2.75, 3.05) is 49.5 Å². The number of rotatable bonds is 9. The lowest BCUT2D eigenvalue weighted by Crippen LogP contribution is -3.00. The topological polar surface area (TPSA) is 62.6 Å². The van der Waals surface area contributed by atoms with Crippen LogP contribution in [0.4, 0.5) is 11.4 Å². The number of amides is 1. The van der Waals surface area contributed by atoms with Gasteiger partial charge < -0.3 is 27.5 Å². The summed E-state index contributed by atoms with van der Waals surface area (Å²) in [5.41, 5.74) is 5.72. The first-order valence-corrected chi connectivity index (χ1v) is 13.4. The highest BCUT2D eigenvalue weighted by Gasteiger charge is 2.29. The fraction of sp³-hybridized carbons (Fsp3) is 0.312. The van der Waals surface area contributed by atoms with Crippen LogP contribution in [0.3, 0.4) is 0 Å². The van der Waals surface area contributed by atoms with Crippen molar-refractivity contribution in [3.05, 3.63) is 107 Å². The van der Waals surface area contributed by atoms with Gasteiger partial charge in [0, 0.05) is 56.8 Å². The summed E-state index contributed by atoms with van der Waals surface area (Å²) in [5, 5.41) is 13.0. The van der Waals surface area contributed by atoms with Crippen LogP contribution in [-0.2, 0) is 4.79 Å². The molecular weight excluding hydrogens is 506 g/mol. The molecule has 1 fully saturated rings. The normalized spacial score (nSPS) is 13.9. The minimum absolute atomic E-state index is 0. The Morgan fingerprint density at radius 3 is 2.00 bits per heavy atom. The van der Waals surface area contributed by atoms with Crippen molar-refractivity contribution < 1.29 is 17.2 Å². The Hall–Kier alpha value is -3.79. The number of hydrogen-bond donors (Lipinski definition) is 1. The number of nitrogens with one attached hydrogen (secondary N) is 1. The van der Waals surface area contributed by atoms with Gasteiger partial charge in [-0.1, -0.05) is 60.7 Å². The van der Waals surface area contributed by atoms with E-state index in [1.807, 2.05) is 25.1 Å². The molecule has 0 bridgehead atoms. The molecule has 0 unspecified atom stereocenters. The van der Waals surface area contributed by atoms with E-state index in [0.29, 0.717) is 13.1 Å². The Bertz CT molecular complexity index is 1240. The molecule has 7 heteroatoms. The Morgan fingerprint density at radius 1 is 0.949 bits per heavy atom. The highest BCUT2D eigenvalue weighted by atomic mass is 35.5. The summed E-state index contributed by atoms with van der Waals surface area (Å²) in [6.45, 7) is 10.8. The van der Waals surface area contributed by atoms with Gasteiger partial charge in [-0.3, -0.25) is 9.69 Å². The zero-order valence-corrected chi connectivity index (χ0v) is 23.7. The van der Waals surface area contributed by atoms with Crippen LogP contribution in [-0.4, -0.2) is 55.0 Å². The van der Waals surface area contributed by atoms with E-state index in [1.54, 1.807) is 11.1 Å². The summed E-state index contributed by atoms with van der Waals surface area (Å²) >= 11 is 0. The van der Waals surface area contributed by atoms with E-state index in [-0.39, 0.29) is 29.9 Å². The maximum Gasteiger partial charge on any atom is 0.266 e. The maximum atomic E-state index is 13.2. The van der Waals surface area contributed by atoms with Crippen LogP contribution < -0.4 is 22.6 Å². The first-order valence-electron chi connectivity index (χ1n) is 13.4. The van der Waals surface area contributed by atoms with Gasteiger partial charge in [0.15, 0.2) is 0 Å². The van der Waals surface area contributed by atoms with Crippen LogP contribution in [0.2, 0.25) is 0 Å². The third-order valence-corrected chi connectivity index (χ3v) is 7.26. The first-order chi connectivity index (χ1) is 18.5. The lowest BCUT2D eigenvalue weighted by molar-refractivity contribution is -0.128. The molecule has 1 aliphatic heterocycles. The molecule has 1 saturated heterocycles. The van der Waals surface area contributed by atoms with Crippen molar-refractivity contribution in [3.63, 3.8) is 0 Å². The summed E-state index contributed by atoms with van der Waals surface area (Å²) in [5.74, 6) is -0.229. The van der Waals surface area contributed by atoms with Gasteiger partial charge in [0.25, 0.3) is 5.91 Å². The molecule has 204 valence electrons. The van der Waals surface area contributed by atoms with Gasteiger partial charge in [-0.25, -0.2) is 0 Å². The molecule has 1 amide bonds. The molecule has 0 radical (unpaired) electrons. The molecule has 1 N–H and O–H groups in total. The third-order valence-electron chi connectivity index (χ3n) is 7.26. The van der Waals surface area contributed by atoms with Crippen molar-refractivity contribution >= 4 is 17.3 Å². The van der Waals surface area contributed by atoms with E-state index in [2.05, 4.69) is 95.7 Å². The molecule has 0 spiro atoms. The number of aryl methyl sites for hydroxylation is 1.